The van der Waals surface area contributed by atoms with E-state index in [0.717, 1.165) is 42.0 Å². The van der Waals surface area contributed by atoms with Gasteiger partial charge in [-0.15, -0.1) is 0 Å². The highest BCUT2D eigenvalue weighted by molar-refractivity contribution is 6.29. The smallest absolute Gasteiger partial charge is 0.223 e. The summed E-state index contributed by atoms with van der Waals surface area (Å²) >= 11 is 6.04. The lowest BCUT2D eigenvalue weighted by atomic mass is 10.1. The van der Waals surface area contributed by atoms with Crippen LogP contribution >= 0.6 is 11.6 Å². The van der Waals surface area contributed by atoms with Gasteiger partial charge in [0.15, 0.2) is 0 Å². The second-order valence-electron chi connectivity index (χ2n) is 5.73. The number of aryl methyl sites for hydroxylation is 1. The van der Waals surface area contributed by atoms with Gasteiger partial charge in [-0.05, 0) is 20.3 Å². The molecule has 2 aromatic rings. The zero-order chi connectivity index (χ0) is 17.7. The van der Waals surface area contributed by atoms with Crippen molar-refractivity contribution >= 4 is 23.4 Å². The molecule has 0 spiro atoms. The van der Waals surface area contributed by atoms with Gasteiger partial charge in [0, 0.05) is 29.9 Å². The van der Waals surface area contributed by atoms with Crippen LogP contribution in [0.4, 0.5) is 11.8 Å². The molecule has 0 unspecified atom stereocenters. The Hall–Kier alpha value is -2.08. The lowest BCUT2D eigenvalue weighted by Gasteiger charge is -2.25. The normalized spacial score (nSPS) is 10.7. The molecule has 0 aliphatic rings. The molecular formula is C17H24ClN5O. The molecule has 0 fully saturated rings. The van der Waals surface area contributed by atoms with Gasteiger partial charge in [0.25, 0.3) is 0 Å². The van der Waals surface area contributed by atoms with E-state index in [0.29, 0.717) is 17.5 Å². The molecule has 2 rings (SSSR count). The van der Waals surface area contributed by atoms with Crippen molar-refractivity contribution in [3.63, 3.8) is 0 Å². The molecule has 0 atom stereocenters. The summed E-state index contributed by atoms with van der Waals surface area (Å²) in [6.07, 6.45) is 3.94. The fraction of sp³-hybridized carbons (Fsp3) is 0.471. The van der Waals surface area contributed by atoms with Crippen LogP contribution < -0.4 is 15.4 Å². The average molecular weight is 350 g/mol. The van der Waals surface area contributed by atoms with Crippen molar-refractivity contribution in [2.24, 2.45) is 0 Å². The number of anilines is 2. The van der Waals surface area contributed by atoms with Gasteiger partial charge in [-0.2, -0.15) is 4.98 Å². The van der Waals surface area contributed by atoms with E-state index in [-0.39, 0.29) is 5.95 Å². The van der Waals surface area contributed by atoms with Gasteiger partial charge < -0.3 is 15.4 Å². The van der Waals surface area contributed by atoms with E-state index in [9.17, 15) is 0 Å². The van der Waals surface area contributed by atoms with Crippen LogP contribution in [-0.2, 0) is 6.54 Å². The van der Waals surface area contributed by atoms with Crippen LogP contribution in [0.25, 0.3) is 0 Å². The lowest BCUT2D eigenvalue weighted by molar-refractivity contribution is 0.406. The summed E-state index contributed by atoms with van der Waals surface area (Å²) in [5, 5.41) is 0.338. The summed E-state index contributed by atoms with van der Waals surface area (Å²) in [5.41, 5.74) is 8.75. The zero-order valence-electron chi connectivity index (χ0n) is 14.6. The van der Waals surface area contributed by atoms with Gasteiger partial charge >= 0.3 is 0 Å². The van der Waals surface area contributed by atoms with Crippen LogP contribution in [0.1, 0.15) is 36.6 Å². The predicted octanol–water partition coefficient (Wildman–Crippen LogP) is 3.54. The number of unbranched alkanes of at least 4 members (excludes halogenated alkanes) is 1. The maximum absolute atomic E-state index is 6.04. The Balaban J connectivity index is 2.36. The summed E-state index contributed by atoms with van der Waals surface area (Å²) in [7, 11) is 1.68. The molecule has 0 bridgehead atoms. The number of pyridine rings is 1. The Morgan fingerprint density at radius 3 is 2.67 bits per heavy atom. The topological polar surface area (TPSA) is 77.2 Å². The number of hydrogen-bond acceptors (Lipinski definition) is 6. The Bertz CT molecular complexity index is 687. The van der Waals surface area contributed by atoms with Crippen molar-refractivity contribution in [2.45, 2.75) is 40.2 Å². The molecule has 0 aromatic carbocycles. The predicted molar refractivity (Wildman–Crippen MR) is 97.7 cm³/mol. The van der Waals surface area contributed by atoms with Gasteiger partial charge in [0.1, 0.15) is 16.7 Å². The van der Waals surface area contributed by atoms with Crippen molar-refractivity contribution in [1.29, 1.82) is 0 Å². The number of rotatable bonds is 7. The van der Waals surface area contributed by atoms with E-state index in [1.807, 2.05) is 20.0 Å². The first-order valence-corrected chi connectivity index (χ1v) is 8.38. The minimum atomic E-state index is 0.171. The monoisotopic (exact) mass is 349 g/mol. The highest BCUT2D eigenvalue weighted by Gasteiger charge is 2.16. The highest BCUT2D eigenvalue weighted by Crippen LogP contribution is 2.26. The van der Waals surface area contributed by atoms with Crippen molar-refractivity contribution in [3.8, 4) is 5.75 Å². The first-order valence-electron chi connectivity index (χ1n) is 8.00. The second-order valence-corrected chi connectivity index (χ2v) is 6.12. The van der Waals surface area contributed by atoms with Gasteiger partial charge in [-0.3, -0.25) is 4.98 Å². The van der Waals surface area contributed by atoms with Gasteiger partial charge in [-0.25, -0.2) is 4.98 Å². The van der Waals surface area contributed by atoms with Gasteiger partial charge in [-0.1, -0.05) is 24.9 Å². The van der Waals surface area contributed by atoms with Gasteiger partial charge in [0.2, 0.25) is 5.95 Å². The fourth-order valence-corrected chi connectivity index (χ4v) is 2.80. The first-order chi connectivity index (χ1) is 11.5. The molecule has 24 heavy (non-hydrogen) atoms. The summed E-state index contributed by atoms with van der Waals surface area (Å²) in [6, 6.07) is 1.73. The number of methoxy groups -OCH3 is 1. The third kappa shape index (κ3) is 4.26. The quantitative estimate of drug-likeness (QED) is 0.770. The molecular weight excluding hydrogens is 326 g/mol. The van der Waals surface area contributed by atoms with E-state index >= 15 is 0 Å². The average Bonchev–Trinajstić information content (AvgIpc) is 2.53. The number of halogens is 1. The number of hydrogen-bond donors (Lipinski definition) is 1. The fourth-order valence-electron chi connectivity index (χ4n) is 2.62. The van der Waals surface area contributed by atoms with E-state index in [1.165, 1.54) is 0 Å². The molecule has 130 valence electrons. The number of nitrogens with two attached hydrogens (primary N) is 1. The molecule has 0 aliphatic heterocycles. The number of nitrogens with zero attached hydrogens (tertiary/aromatic N) is 4. The molecule has 0 saturated heterocycles. The molecule has 0 radical (unpaired) electrons. The standard InChI is InChI=1S/C17H24ClN5O/c1-5-6-7-23(15-8-14(18)21-17(19)22-15)10-13-12(3)16(24-4)11(2)9-20-13/h8-9H,5-7,10H2,1-4H3,(H2,19,21,22). The Kier molecular flexibility index (Phi) is 6.20. The lowest BCUT2D eigenvalue weighted by Crippen LogP contribution is -2.26. The summed E-state index contributed by atoms with van der Waals surface area (Å²) in [4.78, 5) is 15.0. The highest BCUT2D eigenvalue weighted by atomic mass is 35.5. The zero-order valence-corrected chi connectivity index (χ0v) is 15.4. The van der Waals surface area contributed by atoms with E-state index < -0.39 is 0 Å². The van der Waals surface area contributed by atoms with Crippen molar-refractivity contribution in [2.75, 3.05) is 24.3 Å². The SMILES string of the molecule is CCCCN(Cc1ncc(C)c(OC)c1C)c1cc(Cl)nc(N)n1. The molecule has 6 nitrogen and oxygen atoms in total. The van der Waals surface area contributed by atoms with Crippen LogP contribution in [0.3, 0.4) is 0 Å². The van der Waals surface area contributed by atoms with E-state index in [2.05, 4.69) is 26.8 Å². The molecule has 0 saturated carbocycles. The van der Waals surface area contributed by atoms with Crippen molar-refractivity contribution in [3.05, 3.63) is 34.2 Å². The number of aromatic nitrogens is 3. The molecule has 7 heteroatoms. The molecule has 0 amide bonds. The largest absolute Gasteiger partial charge is 0.496 e. The minimum absolute atomic E-state index is 0.171. The Morgan fingerprint density at radius 2 is 2.04 bits per heavy atom. The van der Waals surface area contributed by atoms with Crippen LogP contribution in [0, 0.1) is 13.8 Å². The van der Waals surface area contributed by atoms with Crippen LogP contribution in [0.2, 0.25) is 5.15 Å². The molecule has 0 aliphatic carbocycles. The summed E-state index contributed by atoms with van der Waals surface area (Å²) in [6.45, 7) is 7.60. The van der Waals surface area contributed by atoms with Crippen molar-refractivity contribution in [1.82, 2.24) is 15.0 Å². The van der Waals surface area contributed by atoms with Gasteiger partial charge in [0.05, 0.1) is 19.3 Å². The second kappa shape index (κ2) is 8.15. The third-order valence-electron chi connectivity index (χ3n) is 3.89. The van der Waals surface area contributed by atoms with Crippen LogP contribution in [0.15, 0.2) is 12.3 Å². The van der Waals surface area contributed by atoms with Crippen LogP contribution in [0.5, 0.6) is 5.75 Å². The van der Waals surface area contributed by atoms with Crippen molar-refractivity contribution < 1.29 is 4.74 Å². The summed E-state index contributed by atoms with van der Waals surface area (Å²) < 4.78 is 5.50. The third-order valence-corrected chi connectivity index (χ3v) is 4.09. The Labute approximate surface area is 148 Å². The minimum Gasteiger partial charge on any atom is -0.496 e. The molecule has 2 heterocycles. The first kappa shape index (κ1) is 18.3. The maximum atomic E-state index is 6.04. The van der Waals surface area contributed by atoms with Crippen LogP contribution in [-0.4, -0.2) is 28.6 Å². The molecule has 2 aromatic heterocycles. The van der Waals surface area contributed by atoms with E-state index in [1.54, 1.807) is 13.2 Å². The molecule has 2 N–H and O–H groups in total. The van der Waals surface area contributed by atoms with E-state index in [4.69, 9.17) is 22.1 Å². The Morgan fingerprint density at radius 1 is 1.29 bits per heavy atom. The summed E-state index contributed by atoms with van der Waals surface area (Å²) in [5.74, 6) is 1.75. The maximum Gasteiger partial charge on any atom is 0.223 e. The number of ether oxygens (including phenoxy) is 1. The number of nitrogen functional groups attached to an aromatic ring is 1.